The number of carbonyl (C=O) groups excluding carboxylic acids is 2. The van der Waals surface area contributed by atoms with Gasteiger partial charge in [0.15, 0.2) is 0 Å². The van der Waals surface area contributed by atoms with E-state index in [9.17, 15) is 19.5 Å². The minimum Gasteiger partial charge on any atom is -0.507 e. The van der Waals surface area contributed by atoms with Crippen LogP contribution < -0.4 is 9.64 Å². The molecule has 0 saturated carbocycles. The average molecular weight is 500 g/mol. The molecule has 0 bridgehead atoms. The molecule has 1 unspecified atom stereocenters. The lowest BCUT2D eigenvalue weighted by atomic mass is 9.85. The summed E-state index contributed by atoms with van der Waals surface area (Å²) in [6.07, 6.45) is -0.162. The van der Waals surface area contributed by atoms with Gasteiger partial charge in [0.25, 0.3) is 11.7 Å². The second-order valence-electron chi connectivity index (χ2n) is 9.98. The van der Waals surface area contributed by atoms with E-state index in [0.29, 0.717) is 28.1 Å². The SMILES string of the molecule is COc1ccccc1/C(O)=C1/C(=O)C(=O)N(c2ccc(CC(=O)O)cc2)C1c1ccc(C(C)(C)C)cc1. The third-order valence-electron chi connectivity index (χ3n) is 6.47. The Morgan fingerprint density at radius 2 is 1.54 bits per heavy atom. The van der Waals surface area contributed by atoms with Crippen molar-refractivity contribution in [1.29, 1.82) is 0 Å². The summed E-state index contributed by atoms with van der Waals surface area (Å²) in [6, 6.07) is 19.9. The van der Waals surface area contributed by atoms with Gasteiger partial charge in [0.05, 0.1) is 30.7 Å². The normalized spacial score (nSPS) is 17.2. The van der Waals surface area contributed by atoms with Crippen molar-refractivity contribution >= 4 is 29.1 Å². The fraction of sp³-hybridized carbons (Fsp3) is 0.233. The number of aliphatic hydroxyl groups is 1. The van der Waals surface area contributed by atoms with Crippen molar-refractivity contribution in [1.82, 2.24) is 0 Å². The molecule has 1 heterocycles. The maximum atomic E-state index is 13.4. The van der Waals surface area contributed by atoms with Crippen LogP contribution in [0.15, 0.2) is 78.4 Å². The zero-order valence-electron chi connectivity index (χ0n) is 21.2. The summed E-state index contributed by atoms with van der Waals surface area (Å²) < 4.78 is 5.39. The lowest BCUT2D eigenvalue weighted by Crippen LogP contribution is -2.29. The molecule has 1 aliphatic heterocycles. The van der Waals surface area contributed by atoms with Gasteiger partial charge in [0, 0.05) is 5.69 Å². The zero-order valence-corrected chi connectivity index (χ0v) is 21.2. The van der Waals surface area contributed by atoms with Crippen molar-refractivity contribution in [3.8, 4) is 5.75 Å². The first kappa shape index (κ1) is 25.7. The summed E-state index contributed by atoms with van der Waals surface area (Å²) >= 11 is 0. The topological polar surface area (TPSA) is 104 Å². The van der Waals surface area contributed by atoms with Crippen molar-refractivity contribution in [3.05, 3.63) is 101 Å². The predicted octanol–water partition coefficient (Wildman–Crippen LogP) is 5.25. The summed E-state index contributed by atoms with van der Waals surface area (Å²) in [7, 11) is 1.46. The Morgan fingerprint density at radius 1 is 0.919 bits per heavy atom. The van der Waals surface area contributed by atoms with Crippen LogP contribution in [0.3, 0.4) is 0 Å². The number of para-hydroxylation sites is 1. The molecule has 3 aromatic carbocycles. The third-order valence-corrected chi connectivity index (χ3v) is 6.47. The number of amides is 1. The third kappa shape index (κ3) is 4.98. The monoisotopic (exact) mass is 499 g/mol. The molecule has 3 aromatic rings. The molecule has 1 aliphatic rings. The summed E-state index contributed by atoms with van der Waals surface area (Å²) in [5.74, 6) is -2.53. The summed E-state index contributed by atoms with van der Waals surface area (Å²) in [5, 5.41) is 20.5. The highest BCUT2D eigenvalue weighted by Crippen LogP contribution is 2.43. The van der Waals surface area contributed by atoms with Crippen LogP contribution >= 0.6 is 0 Å². The van der Waals surface area contributed by atoms with Crippen molar-refractivity contribution in [2.24, 2.45) is 0 Å². The van der Waals surface area contributed by atoms with E-state index >= 15 is 0 Å². The summed E-state index contributed by atoms with van der Waals surface area (Å²) in [6.45, 7) is 6.28. The van der Waals surface area contributed by atoms with Crippen LogP contribution in [0.4, 0.5) is 5.69 Å². The molecule has 7 heteroatoms. The number of aliphatic hydroxyl groups excluding tert-OH is 1. The van der Waals surface area contributed by atoms with E-state index in [0.717, 1.165) is 5.56 Å². The Balaban J connectivity index is 1.90. The molecule has 1 amide bonds. The number of methoxy groups -OCH3 is 1. The van der Waals surface area contributed by atoms with Crippen LogP contribution in [0.2, 0.25) is 0 Å². The number of anilines is 1. The Morgan fingerprint density at radius 3 is 2.11 bits per heavy atom. The molecule has 190 valence electrons. The number of rotatable bonds is 6. The molecule has 7 nitrogen and oxygen atoms in total. The quantitative estimate of drug-likeness (QED) is 0.273. The number of Topliss-reactive ketones (excluding diaryl/α,β-unsaturated/α-hetero) is 1. The molecule has 0 aliphatic carbocycles. The van der Waals surface area contributed by atoms with Crippen LogP contribution in [-0.4, -0.2) is 35.0 Å². The first-order valence-corrected chi connectivity index (χ1v) is 11.9. The number of nitrogens with zero attached hydrogens (tertiary/aromatic N) is 1. The van der Waals surface area contributed by atoms with E-state index < -0.39 is 23.7 Å². The Labute approximate surface area is 215 Å². The average Bonchev–Trinajstić information content (AvgIpc) is 3.13. The number of hydrogen-bond acceptors (Lipinski definition) is 5. The highest BCUT2D eigenvalue weighted by Gasteiger charge is 2.47. The van der Waals surface area contributed by atoms with Gasteiger partial charge in [-0.3, -0.25) is 19.3 Å². The number of aliphatic carboxylic acids is 1. The van der Waals surface area contributed by atoms with E-state index in [2.05, 4.69) is 20.8 Å². The van der Waals surface area contributed by atoms with Gasteiger partial charge in [0.1, 0.15) is 11.5 Å². The number of ether oxygens (including phenoxy) is 1. The predicted molar refractivity (Wildman–Crippen MR) is 141 cm³/mol. The molecule has 0 aromatic heterocycles. The standard InChI is InChI=1S/C30H29NO6/c1-30(2,3)20-13-11-19(12-14-20)26-25(27(34)22-7-5-6-8-23(22)37-4)28(35)29(36)31(26)21-15-9-18(10-16-21)17-24(32)33/h5-16,26,34H,17H2,1-4H3,(H,32,33)/b27-25-. The lowest BCUT2D eigenvalue weighted by Gasteiger charge is -2.27. The summed E-state index contributed by atoms with van der Waals surface area (Å²) in [4.78, 5) is 39.2. The van der Waals surface area contributed by atoms with Crippen molar-refractivity contribution in [2.45, 2.75) is 38.6 Å². The Kier molecular flexibility index (Phi) is 6.90. The van der Waals surface area contributed by atoms with E-state index in [1.165, 1.54) is 12.0 Å². The maximum absolute atomic E-state index is 13.4. The van der Waals surface area contributed by atoms with Gasteiger partial charge in [-0.25, -0.2) is 0 Å². The molecule has 0 radical (unpaired) electrons. The van der Waals surface area contributed by atoms with Crippen LogP contribution in [0.25, 0.3) is 5.76 Å². The fourth-order valence-electron chi connectivity index (χ4n) is 4.51. The van der Waals surface area contributed by atoms with Crippen molar-refractivity contribution in [3.63, 3.8) is 0 Å². The summed E-state index contributed by atoms with van der Waals surface area (Å²) in [5.41, 5.74) is 2.86. The van der Waals surface area contributed by atoms with Gasteiger partial charge in [-0.15, -0.1) is 0 Å². The largest absolute Gasteiger partial charge is 0.507 e. The molecular formula is C30H29NO6. The molecule has 2 N–H and O–H groups in total. The van der Waals surface area contributed by atoms with Gasteiger partial charge in [-0.2, -0.15) is 0 Å². The minimum atomic E-state index is -0.969. The van der Waals surface area contributed by atoms with Crippen LogP contribution in [0.1, 0.15) is 49.1 Å². The second-order valence-corrected chi connectivity index (χ2v) is 9.98. The first-order valence-electron chi connectivity index (χ1n) is 11.9. The molecule has 4 rings (SSSR count). The molecule has 1 saturated heterocycles. The van der Waals surface area contributed by atoms with Crippen molar-refractivity contribution < 1.29 is 29.3 Å². The number of hydrogen-bond donors (Lipinski definition) is 2. The minimum absolute atomic E-state index is 0.0485. The van der Waals surface area contributed by atoms with Gasteiger partial charge >= 0.3 is 5.97 Å². The number of carboxylic acid groups (broad SMARTS) is 1. The van der Waals surface area contributed by atoms with E-state index in [1.54, 1.807) is 48.5 Å². The molecular weight excluding hydrogens is 470 g/mol. The number of carboxylic acids is 1. The number of ketones is 1. The van der Waals surface area contributed by atoms with Crippen molar-refractivity contribution in [2.75, 3.05) is 12.0 Å². The van der Waals surface area contributed by atoms with Crippen LogP contribution in [-0.2, 0) is 26.2 Å². The van der Waals surface area contributed by atoms with Gasteiger partial charge in [-0.1, -0.05) is 69.3 Å². The smallest absolute Gasteiger partial charge is 0.307 e. The Hall–Kier alpha value is -4.39. The van der Waals surface area contributed by atoms with Gasteiger partial charge in [0.2, 0.25) is 0 Å². The highest BCUT2D eigenvalue weighted by molar-refractivity contribution is 6.51. The highest BCUT2D eigenvalue weighted by atomic mass is 16.5. The van der Waals surface area contributed by atoms with Crippen LogP contribution in [0.5, 0.6) is 5.75 Å². The fourth-order valence-corrected chi connectivity index (χ4v) is 4.51. The molecule has 1 atom stereocenters. The molecule has 37 heavy (non-hydrogen) atoms. The second kappa shape index (κ2) is 9.93. The maximum Gasteiger partial charge on any atom is 0.307 e. The molecule has 0 spiro atoms. The number of carbonyl (C=O) groups is 3. The van der Waals surface area contributed by atoms with E-state index in [1.807, 2.05) is 24.3 Å². The van der Waals surface area contributed by atoms with E-state index in [4.69, 9.17) is 9.84 Å². The lowest BCUT2D eigenvalue weighted by molar-refractivity contribution is -0.136. The first-order chi connectivity index (χ1) is 17.5. The van der Waals surface area contributed by atoms with Gasteiger partial charge < -0.3 is 14.9 Å². The zero-order chi connectivity index (χ0) is 26.9. The number of benzene rings is 3. The van der Waals surface area contributed by atoms with Gasteiger partial charge in [-0.05, 0) is 46.4 Å². The van der Waals surface area contributed by atoms with Crippen LogP contribution in [0, 0.1) is 0 Å². The van der Waals surface area contributed by atoms with E-state index in [-0.39, 0.29) is 23.2 Å². The Bertz CT molecular complexity index is 1380. The molecule has 1 fully saturated rings.